The van der Waals surface area contributed by atoms with Gasteiger partial charge in [-0.3, -0.25) is 0 Å². The summed E-state index contributed by atoms with van der Waals surface area (Å²) in [5, 5.41) is 3.69. The zero-order valence-electron chi connectivity index (χ0n) is 13.1. The first-order valence-electron chi connectivity index (χ1n) is 6.90. The van der Waals surface area contributed by atoms with Crippen LogP contribution in [0.5, 0.6) is 0 Å². The highest BCUT2D eigenvalue weighted by Gasteiger charge is 2.24. The van der Waals surface area contributed by atoms with E-state index in [0.29, 0.717) is 5.41 Å². The molecule has 0 aliphatic heterocycles. The number of rotatable bonds is 4. The molecule has 102 valence electrons. The maximum Gasteiger partial charge on any atom is 0.0210 e. The largest absolute Gasteiger partial charge is 0.308 e. The Morgan fingerprint density at radius 2 is 1.39 bits per heavy atom. The van der Waals surface area contributed by atoms with E-state index in [9.17, 15) is 0 Å². The summed E-state index contributed by atoms with van der Waals surface area (Å²) in [5.41, 5.74) is 4.62. The SMILES string of the molecule is Cc1cc(C)cc(CNC(C)(C)CC(C)(C)C)c1. The highest BCUT2D eigenvalue weighted by Crippen LogP contribution is 2.27. The third-order valence-electron chi connectivity index (χ3n) is 3.02. The average Bonchev–Trinajstić information content (AvgIpc) is 2.09. The minimum Gasteiger partial charge on any atom is -0.308 e. The van der Waals surface area contributed by atoms with Gasteiger partial charge in [0.2, 0.25) is 0 Å². The zero-order chi connectivity index (χ0) is 14.0. The molecule has 0 amide bonds. The molecule has 0 atom stereocenters. The van der Waals surface area contributed by atoms with Crippen LogP contribution in [0, 0.1) is 19.3 Å². The van der Waals surface area contributed by atoms with Gasteiger partial charge in [0.1, 0.15) is 0 Å². The van der Waals surface area contributed by atoms with Crippen LogP contribution >= 0.6 is 0 Å². The van der Waals surface area contributed by atoms with Crippen molar-refractivity contribution in [2.24, 2.45) is 5.41 Å². The van der Waals surface area contributed by atoms with Crippen molar-refractivity contribution in [2.45, 2.75) is 67.0 Å². The Morgan fingerprint density at radius 3 is 1.83 bits per heavy atom. The van der Waals surface area contributed by atoms with Gasteiger partial charge in [0.25, 0.3) is 0 Å². The summed E-state index contributed by atoms with van der Waals surface area (Å²) in [7, 11) is 0. The molecule has 1 N–H and O–H groups in total. The monoisotopic (exact) mass is 247 g/mol. The van der Waals surface area contributed by atoms with E-state index >= 15 is 0 Å². The molecule has 0 fully saturated rings. The Hall–Kier alpha value is -0.820. The van der Waals surface area contributed by atoms with E-state index in [2.05, 4.69) is 72.0 Å². The van der Waals surface area contributed by atoms with Crippen LogP contribution in [-0.2, 0) is 6.54 Å². The summed E-state index contributed by atoms with van der Waals surface area (Å²) in [6, 6.07) is 6.77. The molecule has 0 spiro atoms. The van der Waals surface area contributed by atoms with Gasteiger partial charge in [-0.05, 0) is 45.1 Å². The second-order valence-electron chi connectivity index (χ2n) is 7.47. The van der Waals surface area contributed by atoms with Crippen LogP contribution in [0.2, 0.25) is 0 Å². The van der Waals surface area contributed by atoms with Gasteiger partial charge in [-0.25, -0.2) is 0 Å². The minimum absolute atomic E-state index is 0.176. The van der Waals surface area contributed by atoms with Crippen LogP contribution in [0.1, 0.15) is 57.7 Å². The topological polar surface area (TPSA) is 12.0 Å². The fraction of sp³-hybridized carbons (Fsp3) is 0.647. The summed E-state index contributed by atoms with van der Waals surface area (Å²) in [4.78, 5) is 0. The van der Waals surface area contributed by atoms with Crippen LogP contribution in [-0.4, -0.2) is 5.54 Å². The summed E-state index contributed by atoms with van der Waals surface area (Å²) < 4.78 is 0. The summed E-state index contributed by atoms with van der Waals surface area (Å²) >= 11 is 0. The smallest absolute Gasteiger partial charge is 0.0210 e. The molecule has 1 heteroatoms. The fourth-order valence-corrected chi connectivity index (χ4v) is 2.90. The van der Waals surface area contributed by atoms with Crippen LogP contribution < -0.4 is 5.32 Å². The van der Waals surface area contributed by atoms with Crippen molar-refractivity contribution >= 4 is 0 Å². The van der Waals surface area contributed by atoms with E-state index in [1.54, 1.807) is 0 Å². The van der Waals surface area contributed by atoms with E-state index in [4.69, 9.17) is 0 Å². The number of benzene rings is 1. The number of hydrogen-bond acceptors (Lipinski definition) is 1. The van der Waals surface area contributed by atoms with Gasteiger partial charge in [0.15, 0.2) is 0 Å². The van der Waals surface area contributed by atoms with E-state index in [1.807, 2.05) is 0 Å². The molecule has 0 bridgehead atoms. The Morgan fingerprint density at radius 1 is 0.889 bits per heavy atom. The average molecular weight is 247 g/mol. The zero-order valence-corrected chi connectivity index (χ0v) is 13.1. The van der Waals surface area contributed by atoms with Crippen molar-refractivity contribution in [3.63, 3.8) is 0 Å². The lowest BCUT2D eigenvalue weighted by Crippen LogP contribution is -2.41. The fourth-order valence-electron chi connectivity index (χ4n) is 2.90. The standard InChI is InChI=1S/C17H29N/c1-13-8-14(2)10-15(9-13)11-18-17(6,7)12-16(3,4)5/h8-10,18H,11-12H2,1-7H3. The molecule has 0 aromatic heterocycles. The first kappa shape index (κ1) is 15.2. The Balaban J connectivity index is 2.64. The van der Waals surface area contributed by atoms with E-state index < -0.39 is 0 Å². The minimum atomic E-state index is 0.176. The molecule has 0 heterocycles. The summed E-state index contributed by atoms with van der Waals surface area (Å²) in [5.74, 6) is 0. The molecule has 0 aliphatic carbocycles. The van der Waals surface area contributed by atoms with Gasteiger partial charge >= 0.3 is 0 Å². The molecule has 1 nitrogen and oxygen atoms in total. The predicted molar refractivity (Wildman–Crippen MR) is 80.9 cm³/mol. The predicted octanol–water partition coefficient (Wildman–Crippen LogP) is 4.61. The highest BCUT2D eigenvalue weighted by molar-refractivity contribution is 5.28. The molecule has 0 saturated heterocycles. The molecule has 0 aliphatic rings. The van der Waals surface area contributed by atoms with Crippen LogP contribution in [0.15, 0.2) is 18.2 Å². The first-order valence-corrected chi connectivity index (χ1v) is 6.90. The molecule has 1 aromatic carbocycles. The lowest BCUT2D eigenvalue weighted by molar-refractivity contribution is 0.240. The van der Waals surface area contributed by atoms with Crippen molar-refractivity contribution in [3.8, 4) is 0 Å². The van der Waals surface area contributed by atoms with Gasteiger partial charge < -0.3 is 5.32 Å². The molecular formula is C17H29N. The lowest BCUT2D eigenvalue weighted by Gasteiger charge is -2.33. The number of aryl methyl sites for hydroxylation is 2. The Labute approximate surface area is 113 Å². The lowest BCUT2D eigenvalue weighted by atomic mass is 9.81. The Bertz CT molecular complexity index is 376. The third-order valence-corrected chi connectivity index (χ3v) is 3.02. The van der Waals surface area contributed by atoms with Gasteiger partial charge in [-0.15, -0.1) is 0 Å². The quantitative estimate of drug-likeness (QED) is 0.819. The maximum atomic E-state index is 3.69. The van der Waals surface area contributed by atoms with Gasteiger partial charge in [0.05, 0.1) is 0 Å². The molecule has 0 radical (unpaired) electrons. The molecule has 0 unspecified atom stereocenters. The highest BCUT2D eigenvalue weighted by atomic mass is 14.9. The maximum absolute atomic E-state index is 3.69. The molecule has 1 rings (SSSR count). The second kappa shape index (κ2) is 5.44. The third kappa shape index (κ3) is 5.68. The molecule has 0 saturated carbocycles. The van der Waals surface area contributed by atoms with Crippen molar-refractivity contribution in [1.82, 2.24) is 5.32 Å². The van der Waals surface area contributed by atoms with Crippen molar-refractivity contribution in [3.05, 3.63) is 34.9 Å². The summed E-state index contributed by atoms with van der Waals surface area (Å²) in [6.07, 6.45) is 1.17. The van der Waals surface area contributed by atoms with Crippen molar-refractivity contribution in [1.29, 1.82) is 0 Å². The molecule has 18 heavy (non-hydrogen) atoms. The van der Waals surface area contributed by atoms with Crippen LogP contribution in [0.4, 0.5) is 0 Å². The van der Waals surface area contributed by atoms with Gasteiger partial charge in [-0.2, -0.15) is 0 Å². The van der Waals surface area contributed by atoms with Crippen LogP contribution in [0.3, 0.4) is 0 Å². The van der Waals surface area contributed by atoms with Gasteiger partial charge in [-0.1, -0.05) is 50.1 Å². The number of hydrogen-bond donors (Lipinski definition) is 1. The summed E-state index contributed by atoms with van der Waals surface area (Å²) in [6.45, 7) is 16.8. The second-order valence-corrected chi connectivity index (χ2v) is 7.47. The Kier molecular flexibility index (Phi) is 4.61. The van der Waals surface area contributed by atoms with E-state index in [-0.39, 0.29) is 5.54 Å². The number of nitrogens with one attached hydrogen (secondary N) is 1. The van der Waals surface area contributed by atoms with Crippen LogP contribution in [0.25, 0.3) is 0 Å². The van der Waals surface area contributed by atoms with Crippen molar-refractivity contribution in [2.75, 3.05) is 0 Å². The first-order chi connectivity index (χ1) is 8.07. The normalized spacial score (nSPS) is 12.8. The van der Waals surface area contributed by atoms with Crippen molar-refractivity contribution < 1.29 is 0 Å². The van der Waals surface area contributed by atoms with E-state index in [0.717, 1.165) is 6.54 Å². The van der Waals surface area contributed by atoms with E-state index in [1.165, 1.54) is 23.1 Å². The molecular weight excluding hydrogens is 218 g/mol. The van der Waals surface area contributed by atoms with Gasteiger partial charge in [0, 0.05) is 12.1 Å². The molecule has 1 aromatic rings.